The molecule has 0 amide bonds. The zero-order valence-electron chi connectivity index (χ0n) is 18.8. The molecule has 1 unspecified atom stereocenters. The predicted molar refractivity (Wildman–Crippen MR) is 117 cm³/mol. The first kappa shape index (κ1) is 22.8. The SMILES string of the molecule is COc1cc2c(cc1O[C@H]1O[C@@H](CO)[C@H](O)[C@@H](O)[C@@H]1O)CCN1CC=C3C=C[C@H](OC)CC321. The van der Waals surface area contributed by atoms with Crippen molar-refractivity contribution < 1.29 is 39.4 Å². The summed E-state index contributed by atoms with van der Waals surface area (Å²) in [5.41, 5.74) is 3.20. The van der Waals surface area contributed by atoms with Gasteiger partial charge in [-0.25, -0.2) is 0 Å². The maximum atomic E-state index is 10.4. The summed E-state index contributed by atoms with van der Waals surface area (Å²) in [5, 5.41) is 40.0. The molecule has 3 heterocycles. The molecule has 3 aliphatic heterocycles. The lowest BCUT2D eigenvalue weighted by Gasteiger charge is -2.48. The maximum Gasteiger partial charge on any atom is 0.229 e. The van der Waals surface area contributed by atoms with Crippen LogP contribution in [-0.2, 0) is 21.4 Å². The smallest absolute Gasteiger partial charge is 0.229 e. The number of hydrogen-bond acceptors (Lipinski definition) is 9. The van der Waals surface area contributed by atoms with Gasteiger partial charge in [-0.2, -0.15) is 0 Å². The highest BCUT2D eigenvalue weighted by Gasteiger charge is 2.51. The summed E-state index contributed by atoms with van der Waals surface area (Å²) in [7, 11) is 3.27. The Hall–Kier alpha value is -1.98. The molecule has 1 fully saturated rings. The Bertz CT molecular complexity index is 962. The highest BCUT2D eigenvalue weighted by atomic mass is 16.7. The number of nitrogens with zero attached hydrogens (tertiary/aromatic N) is 1. The van der Waals surface area contributed by atoms with E-state index in [-0.39, 0.29) is 11.6 Å². The predicted octanol–water partition coefficient (Wildman–Crippen LogP) is -0.158. The molecule has 1 aromatic rings. The van der Waals surface area contributed by atoms with Gasteiger partial charge in [-0.15, -0.1) is 0 Å². The number of aliphatic hydroxyl groups is 4. The fourth-order valence-electron chi connectivity index (χ4n) is 5.61. The summed E-state index contributed by atoms with van der Waals surface area (Å²) < 4.78 is 22.8. The topological polar surface area (TPSA) is 121 Å². The third-order valence-corrected chi connectivity index (χ3v) is 7.42. The van der Waals surface area contributed by atoms with Gasteiger partial charge in [0.15, 0.2) is 11.5 Å². The minimum atomic E-state index is -1.51. The Morgan fingerprint density at radius 3 is 2.67 bits per heavy atom. The van der Waals surface area contributed by atoms with Gasteiger partial charge in [0.05, 0.1) is 25.4 Å². The van der Waals surface area contributed by atoms with E-state index in [1.807, 2.05) is 12.1 Å². The van der Waals surface area contributed by atoms with Gasteiger partial charge >= 0.3 is 0 Å². The van der Waals surface area contributed by atoms with Crippen molar-refractivity contribution in [1.29, 1.82) is 0 Å². The van der Waals surface area contributed by atoms with Crippen molar-refractivity contribution in [3.05, 3.63) is 47.1 Å². The molecule has 0 bridgehead atoms. The van der Waals surface area contributed by atoms with Crippen LogP contribution >= 0.6 is 0 Å². The van der Waals surface area contributed by atoms with Crippen LogP contribution in [0.2, 0.25) is 0 Å². The number of fused-ring (bicyclic) bond motifs is 1. The molecule has 1 aromatic carbocycles. The monoisotopic (exact) mass is 461 g/mol. The Morgan fingerprint density at radius 2 is 1.94 bits per heavy atom. The first-order chi connectivity index (χ1) is 15.9. The lowest BCUT2D eigenvalue weighted by atomic mass is 9.71. The molecule has 4 N–H and O–H groups in total. The van der Waals surface area contributed by atoms with Crippen LogP contribution in [0.5, 0.6) is 11.5 Å². The quantitative estimate of drug-likeness (QED) is 0.474. The number of benzene rings is 1. The molecule has 7 atom stereocenters. The largest absolute Gasteiger partial charge is 0.493 e. The highest BCUT2D eigenvalue weighted by molar-refractivity contribution is 5.57. The van der Waals surface area contributed by atoms with E-state index in [1.165, 1.54) is 5.57 Å². The molecule has 1 aliphatic carbocycles. The second-order valence-corrected chi connectivity index (χ2v) is 9.03. The summed E-state index contributed by atoms with van der Waals surface area (Å²) in [5.74, 6) is 0.834. The first-order valence-electron chi connectivity index (χ1n) is 11.3. The van der Waals surface area contributed by atoms with Crippen molar-refractivity contribution in [3.8, 4) is 11.5 Å². The van der Waals surface area contributed by atoms with Crippen LogP contribution in [0.25, 0.3) is 0 Å². The molecule has 1 spiro atoms. The van der Waals surface area contributed by atoms with Crippen molar-refractivity contribution in [3.63, 3.8) is 0 Å². The summed E-state index contributed by atoms with van der Waals surface area (Å²) in [6.07, 6.45) is 1.37. The molecule has 9 heteroatoms. The Labute approximate surface area is 192 Å². The molecule has 5 rings (SSSR count). The minimum absolute atomic E-state index is 0.00439. The lowest BCUT2D eigenvalue weighted by molar-refractivity contribution is -0.277. The van der Waals surface area contributed by atoms with Gasteiger partial charge in [0.25, 0.3) is 0 Å². The zero-order chi connectivity index (χ0) is 23.3. The molecule has 0 radical (unpaired) electrons. The van der Waals surface area contributed by atoms with E-state index in [2.05, 4.69) is 23.1 Å². The van der Waals surface area contributed by atoms with Crippen LogP contribution in [-0.4, -0.2) is 96.1 Å². The molecule has 4 aliphatic rings. The van der Waals surface area contributed by atoms with Crippen LogP contribution < -0.4 is 9.47 Å². The minimum Gasteiger partial charge on any atom is -0.493 e. The van der Waals surface area contributed by atoms with Gasteiger partial charge in [-0.3, -0.25) is 4.90 Å². The third-order valence-electron chi connectivity index (χ3n) is 7.42. The molecule has 180 valence electrons. The second kappa shape index (κ2) is 8.66. The molecular formula is C24H31NO8. The number of aliphatic hydroxyl groups excluding tert-OH is 4. The van der Waals surface area contributed by atoms with Gasteiger partial charge in [0.2, 0.25) is 6.29 Å². The summed E-state index contributed by atoms with van der Waals surface area (Å²) in [4.78, 5) is 2.47. The van der Waals surface area contributed by atoms with Gasteiger partial charge in [0.1, 0.15) is 24.4 Å². The van der Waals surface area contributed by atoms with Crippen molar-refractivity contribution >= 4 is 0 Å². The van der Waals surface area contributed by atoms with Crippen LogP contribution in [0.4, 0.5) is 0 Å². The molecule has 0 aromatic heterocycles. The van der Waals surface area contributed by atoms with Gasteiger partial charge in [-0.05, 0) is 35.3 Å². The van der Waals surface area contributed by atoms with Crippen LogP contribution in [0.3, 0.4) is 0 Å². The Balaban J connectivity index is 1.51. The van der Waals surface area contributed by atoms with Crippen molar-refractivity contribution in [2.75, 3.05) is 33.9 Å². The van der Waals surface area contributed by atoms with E-state index in [4.69, 9.17) is 18.9 Å². The molecular weight excluding hydrogens is 430 g/mol. The van der Waals surface area contributed by atoms with Crippen LogP contribution in [0.1, 0.15) is 17.5 Å². The van der Waals surface area contributed by atoms with Crippen molar-refractivity contribution in [2.45, 2.75) is 55.2 Å². The van der Waals surface area contributed by atoms with E-state index in [9.17, 15) is 20.4 Å². The average Bonchev–Trinajstić information content (AvgIpc) is 3.22. The maximum absolute atomic E-state index is 10.4. The summed E-state index contributed by atoms with van der Waals surface area (Å²) >= 11 is 0. The Kier molecular flexibility index (Phi) is 5.98. The fraction of sp³-hybridized carbons (Fsp3) is 0.583. The zero-order valence-corrected chi connectivity index (χ0v) is 18.8. The number of methoxy groups -OCH3 is 2. The normalized spacial score (nSPS) is 37.7. The second-order valence-electron chi connectivity index (χ2n) is 9.03. The molecule has 33 heavy (non-hydrogen) atoms. The van der Waals surface area contributed by atoms with E-state index in [1.54, 1.807) is 14.2 Å². The van der Waals surface area contributed by atoms with E-state index in [0.717, 1.165) is 37.1 Å². The summed E-state index contributed by atoms with van der Waals surface area (Å²) in [6.45, 7) is 1.23. The number of hydrogen-bond donors (Lipinski definition) is 4. The Morgan fingerprint density at radius 1 is 1.12 bits per heavy atom. The highest BCUT2D eigenvalue weighted by Crippen LogP contribution is 2.52. The van der Waals surface area contributed by atoms with Gasteiger partial charge in [-0.1, -0.05) is 18.2 Å². The van der Waals surface area contributed by atoms with Crippen molar-refractivity contribution in [1.82, 2.24) is 4.90 Å². The third kappa shape index (κ3) is 3.50. The number of rotatable bonds is 5. The van der Waals surface area contributed by atoms with Gasteiger partial charge in [0, 0.05) is 26.6 Å². The van der Waals surface area contributed by atoms with Gasteiger partial charge < -0.3 is 39.4 Å². The van der Waals surface area contributed by atoms with E-state index >= 15 is 0 Å². The van der Waals surface area contributed by atoms with E-state index in [0.29, 0.717) is 11.5 Å². The standard InChI is InChI=1S/C24H31NO8/c1-30-15-4-3-14-6-8-25-7-5-13-9-18(17(31-2)10-16(13)24(14,25)11-15)32-23-22(29)21(28)20(27)19(12-26)33-23/h3-4,6,9-10,15,19-23,26-29H,5,7-8,11-12H2,1-2H3/t15-,19-,20-,21+,22-,23-,24?/m0/s1. The first-order valence-corrected chi connectivity index (χ1v) is 11.3. The van der Waals surface area contributed by atoms with Crippen LogP contribution in [0, 0.1) is 0 Å². The molecule has 9 nitrogen and oxygen atoms in total. The van der Waals surface area contributed by atoms with E-state index < -0.39 is 37.3 Å². The van der Waals surface area contributed by atoms with Crippen LogP contribution in [0.15, 0.2) is 35.9 Å². The molecule has 1 saturated heterocycles. The summed E-state index contributed by atoms with van der Waals surface area (Å²) in [6, 6.07) is 3.88. The average molecular weight is 462 g/mol. The lowest BCUT2D eigenvalue weighted by Crippen LogP contribution is -2.60. The molecule has 0 saturated carbocycles. The van der Waals surface area contributed by atoms with Crippen molar-refractivity contribution in [2.24, 2.45) is 0 Å². The number of ether oxygens (including phenoxy) is 4. The fourth-order valence-corrected chi connectivity index (χ4v) is 5.61.